The van der Waals surface area contributed by atoms with Crippen LogP contribution < -0.4 is 10.1 Å². The first kappa shape index (κ1) is 23.9. The molecule has 11 heteroatoms. The molecule has 0 bridgehead atoms. The van der Waals surface area contributed by atoms with Gasteiger partial charge in [-0.2, -0.15) is 9.29 Å². The molecule has 180 valence electrons. The maximum absolute atomic E-state index is 12.8. The van der Waals surface area contributed by atoms with Gasteiger partial charge in [0.25, 0.3) is 0 Å². The number of amides is 1. The van der Waals surface area contributed by atoms with Gasteiger partial charge in [-0.05, 0) is 49.4 Å². The molecule has 1 N–H and O–H groups in total. The molecular weight excluding hydrogens is 460 g/mol. The largest absolute Gasteiger partial charge is 0.494 e. The zero-order valence-electron chi connectivity index (χ0n) is 18.8. The van der Waals surface area contributed by atoms with Crippen molar-refractivity contribution in [3.8, 4) is 17.1 Å². The van der Waals surface area contributed by atoms with Crippen LogP contribution in [0.4, 0.5) is 5.69 Å². The molecule has 4 rings (SSSR count). The molecule has 0 atom stereocenters. The summed E-state index contributed by atoms with van der Waals surface area (Å²) in [4.78, 5) is 16.9. The van der Waals surface area contributed by atoms with Gasteiger partial charge in [0.2, 0.25) is 27.6 Å². The molecule has 2 heterocycles. The highest BCUT2D eigenvalue weighted by Gasteiger charge is 2.26. The van der Waals surface area contributed by atoms with E-state index in [9.17, 15) is 13.2 Å². The topological polar surface area (TPSA) is 124 Å². The van der Waals surface area contributed by atoms with Crippen LogP contribution in [0.15, 0.2) is 57.9 Å². The summed E-state index contributed by atoms with van der Waals surface area (Å²) < 4.78 is 43.0. The second-order valence-corrected chi connectivity index (χ2v) is 9.50. The Morgan fingerprint density at radius 3 is 2.65 bits per heavy atom. The van der Waals surface area contributed by atoms with E-state index in [1.807, 2.05) is 31.2 Å². The van der Waals surface area contributed by atoms with Crippen molar-refractivity contribution in [2.24, 2.45) is 0 Å². The molecule has 1 saturated heterocycles. The summed E-state index contributed by atoms with van der Waals surface area (Å²) in [7, 11) is -3.64. The lowest BCUT2D eigenvalue weighted by atomic mass is 10.2. The monoisotopic (exact) mass is 486 g/mol. The molecule has 1 aliphatic heterocycles. The van der Waals surface area contributed by atoms with E-state index in [0.29, 0.717) is 50.3 Å². The molecule has 0 aliphatic carbocycles. The van der Waals surface area contributed by atoms with Crippen molar-refractivity contribution in [2.45, 2.75) is 24.7 Å². The van der Waals surface area contributed by atoms with Crippen LogP contribution in [0, 0.1) is 0 Å². The van der Waals surface area contributed by atoms with Crippen LogP contribution in [-0.2, 0) is 26.0 Å². The molecule has 2 aromatic carbocycles. The van der Waals surface area contributed by atoms with Crippen molar-refractivity contribution < 1.29 is 27.2 Å². The number of ether oxygens (including phenoxy) is 2. The number of anilines is 1. The number of aromatic nitrogens is 2. The third-order valence-electron chi connectivity index (χ3n) is 5.18. The fourth-order valence-corrected chi connectivity index (χ4v) is 4.91. The van der Waals surface area contributed by atoms with E-state index in [2.05, 4.69) is 15.5 Å². The van der Waals surface area contributed by atoms with Crippen molar-refractivity contribution in [3.05, 3.63) is 54.4 Å². The van der Waals surface area contributed by atoms with Gasteiger partial charge in [0.05, 0.1) is 24.7 Å². The third-order valence-corrected chi connectivity index (χ3v) is 7.08. The van der Waals surface area contributed by atoms with Gasteiger partial charge in [-0.25, -0.2) is 8.42 Å². The normalized spacial score (nSPS) is 14.6. The van der Waals surface area contributed by atoms with Crippen LogP contribution in [-0.4, -0.2) is 61.7 Å². The standard InChI is InChI=1S/C23H26N4O6S/c1-2-32-19-8-6-17(7-9-19)23-25-22(33-26-23)11-10-21(28)24-18-4-3-5-20(16-18)34(29,30)27-12-14-31-15-13-27/h3-9,16H,2,10-15H2,1H3,(H,24,28). The van der Waals surface area contributed by atoms with Crippen molar-refractivity contribution >= 4 is 21.6 Å². The molecular formula is C23H26N4O6S. The zero-order chi connectivity index (χ0) is 24.0. The molecule has 0 saturated carbocycles. The second-order valence-electron chi connectivity index (χ2n) is 7.56. The molecule has 0 radical (unpaired) electrons. The average molecular weight is 487 g/mol. The quantitative estimate of drug-likeness (QED) is 0.490. The maximum Gasteiger partial charge on any atom is 0.243 e. The zero-order valence-corrected chi connectivity index (χ0v) is 19.6. The minimum Gasteiger partial charge on any atom is -0.494 e. The van der Waals surface area contributed by atoms with Crippen LogP contribution in [0.5, 0.6) is 5.75 Å². The van der Waals surface area contributed by atoms with Crippen molar-refractivity contribution in [3.63, 3.8) is 0 Å². The number of nitrogens with one attached hydrogen (secondary N) is 1. The first-order valence-corrected chi connectivity index (χ1v) is 12.4. The number of carbonyl (C=O) groups excluding carboxylic acids is 1. The highest BCUT2D eigenvalue weighted by molar-refractivity contribution is 7.89. The SMILES string of the molecule is CCOc1ccc(-c2noc(CCC(=O)Nc3cccc(S(=O)(=O)N4CCOCC4)c3)n2)cc1. The molecule has 3 aromatic rings. The van der Waals surface area contributed by atoms with E-state index in [1.165, 1.54) is 16.4 Å². The highest BCUT2D eigenvalue weighted by atomic mass is 32.2. The number of rotatable bonds is 9. The summed E-state index contributed by atoms with van der Waals surface area (Å²) in [6.45, 7) is 3.85. The lowest BCUT2D eigenvalue weighted by Crippen LogP contribution is -2.40. The third kappa shape index (κ3) is 5.79. The second kappa shape index (κ2) is 10.8. The average Bonchev–Trinajstić information content (AvgIpc) is 3.33. The van der Waals surface area contributed by atoms with Gasteiger partial charge in [0, 0.05) is 37.2 Å². The van der Waals surface area contributed by atoms with Crippen LogP contribution >= 0.6 is 0 Å². The van der Waals surface area contributed by atoms with Crippen molar-refractivity contribution in [2.75, 3.05) is 38.2 Å². The summed E-state index contributed by atoms with van der Waals surface area (Å²) in [5, 5.41) is 6.70. The summed E-state index contributed by atoms with van der Waals surface area (Å²) in [5.74, 6) is 1.23. The number of carbonyl (C=O) groups is 1. The number of aryl methyl sites for hydroxylation is 1. The predicted octanol–water partition coefficient (Wildman–Crippen LogP) is 2.73. The summed E-state index contributed by atoms with van der Waals surface area (Å²) in [6.07, 6.45) is 0.354. The van der Waals surface area contributed by atoms with E-state index in [-0.39, 0.29) is 23.6 Å². The predicted molar refractivity (Wildman–Crippen MR) is 124 cm³/mol. The summed E-state index contributed by atoms with van der Waals surface area (Å²) >= 11 is 0. The Labute approximate surface area is 197 Å². The van der Waals surface area contributed by atoms with Gasteiger partial charge in [0.15, 0.2) is 0 Å². The number of nitrogens with zero attached hydrogens (tertiary/aromatic N) is 3. The van der Waals surface area contributed by atoms with E-state index >= 15 is 0 Å². The van der Waals surface area contributed by atoms with Crippen LogP contribution in [0.1, 0.15) is 19.2 Å². The lowest BCUT2D eigenvalue weighted by molar-refractivity contribution is -0.116. The van der Waals surface area contributed by atoms with Gasteiger partial charge in [-0.3, -0.25) is 4.79 Å². The Balaban J connectivity index is 1.33. The Morgan fingerprint density at radius 2 is 1.91 bits per heavy atom. The minimum atomic E-state index is -3.64. The van der Waals surface area contributed by atoms with E-state index < -0.39 is 10.0 Å². The summed E-state index contributed by atoms with van der Waals surface area (Å²) in [5.41, 5.74) is 1.18. The number of hydrogen-bond donors (Lipinski definition) is 1. The van der Waals surface area contributed by atoms with E-state index in [1.54, 1.807) is 12.1 Å². The fourth-order valence-electron chi connectivity index (χ4n) is 3.45. The Morgan fingerprint density at radius 1 is 1.15 bits per heavy atom. The molecule has 0 unspecified atom stereocenters. The minimum absolute atomic E-state index is 0.103. The van der Waals surface area contributed by atoms with E-state index in [4.69, 9.17) is 14.0 Å². The Bertz CT molecular complexity index is 1220. The maximum atomic E-state index is 12.8. The van der Waals surface area contributed by atoms with Gasteiger partial charge in [-0.15, -0.1) is 0 Å². The lowest BCUT2D eigenvalue weighted by Gasteiger charge is -2.26. The Hall–Kier alpha value is -3.28. The van der Waals surface area contributed by atoms with E-state index in [0.717, 1.165) is 11.3 Å². The number of benzene rings is 2. The van der Waals surface area contributed by atoms with Gasteiger partial charge in [-0.1, -0.05) is 11.2 Å². The summed E-state index contributed by atoms with van der Waals surface area (Å²) in [6, 6.07) is 13.6. The molecule has 1 aromatic heterocycles. The van der Waals surface area contributed by atoms with Crippen molar-refractivity contribution in [1.82, 2.24) is 14.4 Å². The first-order chi connectivity index (χ1) is 16.5. The fraction of sp³-hybridized carbons (Fsp3) is 0.348. The molecule has 10 nitrogen and oxygen atoms in total. The van der Waals surface area contributed by atoms with Crippen LogP contribution in [0.2, 0.25) is 0 Å². The molecule has 1 fully saturated rings. The van der Waals surface area contributed by atoms with Crippen LogP contribution in [0.3, 0.4) is 0 Å². The van der Waals surface area contributed by atoms with Gasteiger partial charge < -0.3 is 19.3 Å². The number of morpholine rings is 1. The molecule has 1 aliphatic rings. The highest BCUT2D eigenvalue weighted by Crippen LogP contribution is 2.22. The number of hydrogen-bond acceptors (Lipinski definition) is 8. The molecule has 0 spiro atoms. The smallest absolute Gasteiger partial charge is 0.243 e. The molecule has 34 heavy (non-hydrogen) atoms. The number of sulfonamides is 1. The Kier molecular flexibility index (Phi) is 7.56. The van der Waals surface area contributed by atoms with Crippen molar-refractivity contribution in [1.29, 1.82) is 0 Å². The van der Waals surface area contributed by atoms with Gasteiger partial charge >= 0.3 is 0 Å². The van der Waals surface area contributed by atoms with Crippen LogP contribution in [0.25, 0.3) is 11.4 Å². The molecule has 1 amide bonds. The first-order valence-electron chi connectivity index (χ1n) is 11.0. The van der Waals surface area contributed by atoms with Gasteiger partial charge in [0.1, 0.15) is 5.75 Å².